The molecule has 0 heterocycles. The van der Waals surface area contributed by atoms with Crippen LogP contribution in [0, 0.1) is 0 Å². The molecule has 0 aliphatic rings. The van der Waals surface area contributed by atoms with Crippen molar-refractivity contribution in [1.82, 2.24) is 15.5 Å². The normalized spacial score (nSPS) is 10.8. The van der Waals surface area contributed by atoms with Crippen LogP contribution in [0.25, 0.3) is 0 Å². The summed E-state index contributed by atoms with van der Waals surface area (Å²) in [5, 5.41) is 6.22. The summed E-state index contributed by atoms with van der Waals surface area (Å²) < 4.78 is 5.64. The number of likely N-dealkylation sites (N-methyl/N-ethyl adjacent to an activating group) is 1. The minimum atomic E-state index is 0. The minimum absolute atomic E-state index is 0. The highest BCUT2D eigenvalue weighted by Crippen LogP contribution is 2.11. The monoisotopic (exact) mass is 462 g/mol. The van der Waals surface area contributed by atoms with Gasteiger partial charge >= 0.3 is 0 Å². The van der Waals surface area contributed by atoms with Gasteiger partial charge in [-0.3, -0.25) is 4.79 Å². The summed E-state index contributed by atoms with van der Waals surface area (Å²) in [6.07, 6.45) is 1.01. The maximum Gasteiger partial charge on any atom is 0.241 e. The molecule has 2 N–H and O–H groups in total. The Morgan fingerprint density at radius 2 is 1.84 bits per heavy atom. The van der Waals surface area contributed by atoms with Crippen LogP contribution in [0.15, 0.2) is 29.3 Å². The van der Waals surface area contributed by atoms with Gasteiger partial charge in [0.2, 0.25) is 5.91 Å². The van der Waals surface area contributed by atoms with Crippen molar-refractivity contribution >= 4 is 35.8 Å². The van der Waals surface area contributed by atoms with Crippen LogP contribution in [-0.4, -0.2) is 50.6 Å². The Hall–Kier alpha value is -1.35. The van der Waals surface area contributed by atoms with Crippen LogP contribution in [0.2, 0.25) is 0 Å². The lowest BCUT2D eigenvalue weighted by molar-refractivity contribution is -0.127. The highest BCUT2D eigenvalue weighted by Gasteiger charge is 2.06. The van der Waals surface area contributed by atoms with E-state index in [1.165, 1.54) is 0 Å². The molecule has 1 aromatic rings. The predicted molar refractivity (Wildman–Crippen MR) is 113 cm³/mol. The molecule has 0 aliphatic carbocycles. The molecule has 6 nitrogen and oxygen atoms in total. The maximum atomic E-state index is 11.7. The van der Waals surface area contributed by atoms with Gasteiger partial charge in [0.25, 0.3) is 0 Å². The summed E-state index contributed by atoms with van der Waals surface area (Å²) in [5.41, 5.74) is 2.28. The molecule has 1 rings (SSSR count). The van der Waals surface area contributed by atoms with Crippen molar-refractivity contribution in [2.75, 3.05) is 33.8 Å². The minimum Gasteiger partial charge on any atom is -0.377 e. The van der Waals surface area contributed by atoms with E-state index in [2.05, 4.69) is 34.7 Å². The van der Waals surface area contributed by atoms with Gasteiger partial charge in [-0.2, -0.15) is 0 Å². The second kappa shape index (κ2) is 13.9. The quantitative estimate of drug-likeness (QED) is 0.256. The van der Waals surface area contributed by atoms with E-state index in [1.807, 2.05) is 19.1 Å². The van der Waals surface area contributed by atoms with Crippen molar-refractivity contribution in [3.05, 3.63) is 35.4 Å². The lowest BCUT2D eigenvalue weighted by Gasteiger charge is -2.14. The number of aliphatic imine (C=N–C) groups is 1. The molecule has 0 spiro atoms. The van der Waals surface area contributed by atoms with Crippen LogP contribution < -0.4 is 10.6 Å². The number of guanidine groups is 1. The van der Waals surface area contributed by atoms with Crippen LogP contribution in [0.1, 0.15) is 31.4 Å². The van der Waals surface area contributed by atoms with E-state index in [9.17, 15) is 4.79 Å². The van der Waals surface area contributed by atoms with Gasteiger partial charge in [0.1, 0.15) is 0 Å². The van der Waals surface area contributed by atoms with Crippen LogP contribution in [0.5, 0.6) is 0 Å². The Bertz CT molecular complexity index is 536. The average molecular weight is 462 g/mol. The summed E-state index contributed by atoms with van der Waals surface area (Å²) in [5.74, 6) is 0.644. The maximum absolute atomic E-state index is 11.7. The fourth-order valence-electron chi connectivity index (χ4n) is 2.00. The molecule has 25 heavy (non-hydrogen) atoms. The fourth-order valence-corrected chi connectivity index (χ4v) is 2.00. The number of hydrogen-bond donors (Lipinski definition) is 2. The molecule has 0 unspecified atom stereocenters. The molecular formula is C18H31IN4O2. The predicted octanol–water partition coefficient (Wildman–Crippen LogP) is 2.37. The number of rotatable bonds is 9. The zero-order valence-corrected chi connectivity index (χ0v) is 18.0. The number of carbonyl (C=O) groups excluding carboxylic acids is 1. The van der Waals surface area contributed by atoms with Gasteiger partial charge in [0, 0.05) is 27.2 Å². The molecule has 142 valence electrons. The zero-order chi connectivity index (χ0) is 17.8. The van der Waals surface area contributed by atoms with Crippen LogP contribution in [-0.2, 0) is 22.7 Å². The first kappa shape index (κ1) is 23.6. The Kier molecular flexibility index (Phi) is 13.1. The molecule has 1 aromatic carbocycles. The summed E-state index contributed by atoms with van der Waals surface area (Å²) >= 11 is 0. The van der Waals surface area contributed by atoms with Gasteiger partial charge in [-0.05, 0) is 24.5 Å². The van der Waals surface area contributed by atoms with E-state index in [0.29, 0.717) is 19.1 Å². The molecule has 1 amide bonds. The van der Waals surface area contributed by atoms with E-state index >= 15 is 0 Å². The van der Waals surface area contributed by atoms with Gasteiger partial charge in [-0.15, -0.1) is 24.0 Å². The first-order valence-corrected chi connectivity index (χ1v) is 8.45. The van der Waals surface area contributed by atoms with Gasteiger partial charge in [0.15, 0.2) is 5.96 Å². The second-order valence-electron chi connectivity index (χ2n) is 5.66. The first-order valence-electron chi connectivity index (χ1n) is 8.45. The van der Waals surface area contributed by atoms with E-state index in [0.717, 1.165) is 30.7 Å². The number of nitrogens with zero attached hydrogens (tertiary/aromatic N) is 2. The molecule has 0 bridgehead atoms. The molecule has 7 heteroatoms. The van der Waals surface area contributed by atoms with Gasteiger partial charge in [0.05, 0.1) is 19.7 Å². The van der Waals surface area contributed by atoms with Crippen molar-refractivity contribution in [2.24, 2.45) is 4.99 Å². The van der Waals surface area contributed by atoms with Crippen molar-refractivity contribution in [1.29, 1.82) is 0 Å². The SMILES string of the molecule is CCCOCc1ccccc1CN=C(NCC)NCC(=O)N(C)C.I. The number of benzene rings is 1. The highest BCUT2D eigenvalue weighted by atomic mass is 127. The Labute approximate surface area is 168 Å². The smallest absolute Gasteiger partial charge is 0.241 e. The largest absolute Gasteiger partial charge is 0.377 e. The van der Waals surface area contributed by atoms with Crippen molar-refractivity contribution in [2.45, 2.75) is 33.4 Å². The number of nitrogens with one attached hydrogen (secondary N) is 2. The third-order valence-electron chi connectivity index (χ3n) is 3.38. The third-order valence-corrected chi connectivity index (χ3v) is 3.38. The molecule has 0 radical (unpaired) electrons. The van der Waals surface area contributed by atoms with E-state index in [1.54, 1.807) is 19.0 Å². The zero-order valence-electron chi connectivity index (χ0n) is 15.7. The standard InChI is InChI=1S/C18H30N4O2.HI/c1-5-11-24-14-16-10-8-7-9-15(16)12-20-18(19-6-2)21-13-17(23)22(3)4;/h7-10H,5-6,11-14H2,1-4H3,(H2,19,20,21);1H. The van der Waals surface area contributed by atoms with Crippen molar-refractivity contribution in [3.63, 3.8) is 0 Å². The molecule has 0 aliphatic heterocycles. The van der Waals surface area contributed by atoms with Crippen molar-refractivity contribution < 1.29 is 9.53 Å². The summed E-state index contributed by atoms with van der Waals surface area (Å²) in [6, 6.07) is 8.14. The van der Waals surface area contributed by atoms with Crippen LogP contribution in [0.4, 0.5) is 0 Å². The number of hydrogen-bond acceptors (Lipinski definition) is 3. The fraction of sp³-hybridized carbons (Fsp3) is 0.556. The number of carbonyl (C=O) groups is 1. The summed E-state index contributed by atoms with van der Waals surface area (Å²) in [7, 11) is 3.47. The molecule has 0 saturated heterocycles. The number of halogens is 1. The first-order chi connectivity index (χ1) is 11.6. The summed E-state index contributed by atoms with van der Waals surface area (Å²) in [6.45, 7) is 6.95. The number of ether oxygens (including phenoxy) is 1. The highest BCUT2D eigenvalue weighted by molar-refractivity contribution is 14.0. The molecule has 0 fully saturated rings. The lowest BCUT2D eigenvalue weighted by atomic mass is 10.1. The van der Waals surface area contributed by atoms with E-state index in [4.69, 9.17) is 4.74 Å². The Morgan fingerprint density at radius 1 is 1.16 bits per heavy atom. The molecular weight excluding hydrogens is 431 g/mol. The number of amides is 1. The van der Waals surface area contributed by atoms with E-state index < -0.39 is 0 Å². The van der Waals surface area contributed by atoms with Crippen molar-refractivity contribution in [3.8, 4) is 0 Å². The van der Waals surface area contributed by atoms with Crippen LogP contribution in [0.3, 0.4) is 0 Å². The second-order valence-corrected chi connectivity index (χ2v) is 5.66. The average Bonchev–Trinajstić information content (AvgIpc) is 2.58. The summed E-state index contributed by atoms with van der Waals surface area (Å²) in [4.78, 5) is 17.8. The molecule has 0 aromatic heterocycles. The third kappa shape index (κ3) is 9.64. The molecule has 0 saturated carbocycles. The lowest BCUT2D eigenvalue weighted by Crippen LogP contribution is -2.42. The van der Waals surface area contributed by atoms with Gasteiger partial charge in [-0.25, -0.2) is 4.99 Å². The Morgan fingerprint density at radius 3 is 2.44 bits per heavy atom. The molecule has 0 atom stereocenters. The Balaban J connectivity index is 0.00000576. The van der Waals surface area contributed by atoms with Gasteiger partial charge < -0.3 is 20.3 Å². The van der Waals surface area contributed by atoms with Crippen LogP contribution >= 0.6 is 24.0 Å². The van der Waals surface area contributed by atoms with E-state index in [-0.39, 0.29) is 36.4 Å². The van der Waals surface area contributed by atoms with Gasteiger partial charge in [-0.1, -0.05) is 31.2 Å². The topological polar surface area (TPSA) is 66.0 Å².